The molecule has 0 fully saturated rings. The van der Waals surface area contributed by atoms with E-state index in [1.807, 2.05) is 26.0 Å². The minimum Gasteiger partial charge on any atom is -0.489 e. The van der Waals surface area contributed by atoms with Gasteiger partial charge in [-0.3, -0.25) is 4.79 Å². The topological polar surface area (TPSA) is 155 Å². The highest BCUT2D eigenvalue weighted by Gasteiger charge is 2.20. The third kappa shape index (κ3) is 6.29. The number of hydrogen-bond acceptors (Lipinski definition) is 7. The van der Waals surface area contributed by atoms with Crippen LogP contribution in [0.15, 0.2) is 65.6 Å². The third-order valence-corrected chi connectivity index (χ3v) is 5.58. The number of fused-ring (bicyclic) bond motifs is 1. The molecular weight excluding hydrogens is 462 g/mol. The molecule has 2 aromatic carbocycles. The first-order valence-electron chi connectivity index (χ1n) is 11.5. The van der Waals surface area contributed by atoms with Gasteiger partial charge in [-0.05, 0) is 62.2 Å². The van der Waals surface area contributed by atoms with Gasteiger partial charge in [-0.25, -0.2) is 9.78 Å². The summed E-state index contributed by atoms with van der Waals surface area (Å²) < 4.78 is 11.5. The minimum absolute atomic E-state index is 0.0717. The molecule has 0 bridgehead atoms. The average Bonchev–Trinajstić information content (AvgIpc) is 3.23. The molecule has 0 unspecified atom stereocenters. The molecular formula is C26H29N5O5. The zero-order chi connectivity index (χ0) is 25.7. The number of aliphatic hydroxyl groups is 1. The second kappa shape index (κ2) is 10.6. The number of benzene rings is 2. The molecule has 0 aliphatic carbocycles. The first kappa shape index (κ1) is 25.0. The maximum absolute atomic E-state index is 11.6. The molecule has 0 saturated heterocycles. The normalized spacial score (nSPS) is 12.4. The highest BCUT2D eigenvalue weighted by atomic mass is 16.5. The second-order valence-electron chi connectivity index (χ2n) is 9.13. The molecule has 1 atom stereocenters. The number of aliphatic hydroxyl groups excluding tert-OH is 1. The number of carbonyl (C=O) groups is 1. The van der Waals surface area contributed by atoms with Crippen LogP contribution in [0.2, 0.25) is 0 Å². The van der Waals surface area contributed by atoms with Crippen LogP contribution in [-0.4, -0.2) is 50.8 Å². The van der Waals surface area contributed by atoms with Gasteiger partial charge in [0.05, 0.1) is 5.52 Å². The van der Waals surface area contributed by atoms with Crippen molar-refractivity contribution in [1.29, 1.82) is 0 Å². The number of aromatic nitrogens is 3. The molecule has 6 N–H and O–H groups in total. The maximum Gasteiger partial charge on any atom is 0.323 e. The zero-order valence-electron chi connectivity index (χ0n) is 20.1. The Morgan fingerprint density at radius 3 is 2.67 bits per heavy atom. The summed E-state index contributed by atoms with van der Waals surface area (Å²) in [5.41, 5.74) is 7.26. The highest BCUT2D eigenvalue weighted by molar-refractivity contribution is 5.95. The standard InChI is InChI=1S/C26H29N5O5/c1-26(2,29-14-17(32)15-35-21-7-3-6-20-22(21)31-25(34)30-20)13-16-8-10-18(11-9-16)36-24-19(23(27)33)5-4-12-28-24/h3-12,17,29,32H,13-15H2,1-2H3,(H2,27,33)(H2,30,31,34)/t17-/m1/s1. The molecule has 36 heavy (non-hydrogen) atoms. The van der Waals surface area contributed by atoms with Gasteiger partial charge in [0.1, 0.15) is 35.3 Å². The summed E-state index contributed by atoms with van der Waals surface area (Å²) in [6.45, 7) is 4.48. The molecule has 188 valence electrons. The van der Waals surface area contributed by atoms with Gasteiger partial charge in [0.15, 0.2) is 0 Å². The van der Waals surface area contributed by atoms with E-state index in [1.54, 1.807) is 42.5 Å². The SMILES string of the molecule is CC(C)(Cc1ccc(Oc2ncccc2C(N)=O)cc1)NC[C@@H](O)COc1cccc2[nH]c(=O)[nH]c12. The number of ether oxygens (including phenoxy) is 2. The number of amides is 1. The molecule has 2 aromatic heterocycles. The van der Waals surface area contributed by atoms with Crippen molar-refractivity contribution in [3.8, 4) is 17.4 Å². The van der Waals surface area contributed by atoms with Gasteiger partial charge in [-0.1, -0.05) is 18.2 Å². The van der Waals surface area contributed by atoms with E-state index in [9.17, 15) is 14.7 Å². The van der Waals surface area contributed by atoms with Crippen molar-refractivity contribution in [3.05, 3.63) is 82.4 Å². The van der Waals surface area contributed by atoms with Gasteiger partial charge < -0.3 is 35.6 Å². The van der Waals surface area contributed by atoms with Crippen molar-refractivity contribution >= 4 is 16.9 Å². The van der Waals surface area contributed by atoms with Crippen molar-refractivity contribution in [2.75, 3.05) is 13.2 Å². The van der Waals surface area contributed by atoms with Gasteiger partial charge in [-0.15, -0.1) is 0 Å². The zero-order valence-corrected chi connectivity index (χ0v) is 20.1. The average molecular weight is 492 g/mol. The Morgan fingerprint density at radius 2 is 1.92 bits per heavy atom. The molecule has 2 heterocycles. The van der Waals surface area contributed by atoms with E-state index < -0.39 is 12.0 Å². The van der Waals surface area contributed by atoms with E-state index in [-0.39, 0.29) is 29.3 Å². The quantitative estimate of drug-likeness (QED) is 0.216. The number of nitrogens with one attached hydrogen (secondary N) is 3. The van der Waals surface area contributed by atoms with Crippen LogP contribution in [0.25, 0.3) is 11.0 Å². The number of nitrogens with zero attached hydrogens (tertiary/aromatic N) is 1. The number of β-amino-alcohol motifs (C(OH)–C–C–N with tert-alkyl or cyclic N) is 1. The Morgan fingerprint density at radius 1 is 1.14 bits per heavy atom. The molecule has 10 heteroatoms. The molecule has 1 amide bonds. The number of pyridine rings is 1. The molecule has 0 radical (unpaired) electrons. The summed E-state index contributed by atoms with van der Waals surface area (Å²) in [6, 6.07) is 16.0. The number of primary amides is 1. The smallest absolute Gasteiger partial charge is 0.323 e. The molecule has 4 rings (SSSR count). The Hall–Kier alpha value is -4.15. The number of rotatable bonds is 11. The lowest BCUT2D eigenvalue weighted by Crippen LogP contribution is -2.46. The monoisotopic (exact) mass is 491 g/mol. The van der Waals surface area contributed by atoms with Gasteiger partial charge in [0, 0.05) is 18.3 Å². The summed E-state index contributed by atoms with van der Waals surface area (Å²) in [4.78, 5) is 32.5. The molecule has 0 saturated carbocycles. The maximum atomic E-state index is 11.6. The lowest BCUT2D eigenvalue weighted by molar-refractivity contribution is 0.0994. The molecule has 4 aromatic rings. The number of aromatic amines is 2. The molecule has 10 nitrogen and oxygen atoms in total. The van der Waals surface area contributed by atoms with Crippen LogP contribution in [0, 0.1) is 0 Å². The number of carbonyl (C=O) groups excluding carboxylic acids is 1. The minimum atomic E-state index is -0.751. The first-order chi connectivity index (χ1) is 17.2. The van der Waals surface area contributed by atoms with Gasteiger partial charge in [0.2, 0.25) is 5.88 Å². The number of nitrogens with two attached hydrogens (primary N) is 1. The Kier molecular flexibility index (Phi) is 7.37. The Labute approximate surface area is 207 Å². The fourth-order valence-corrected chi connectivity index (χ4v) is 3.81. The number of para-hydroxylation sites is 1. The van der Waals surface area contributed by atoms with E-state index in [1.165, 1.54) is 6.20 Å². The summed E-state index contributed by atoms with van der Waals surface area (Å²) in [7, 11) is 0. The van der Waals surface area contributed by atoms with Crippen molar-refractivity contribution < 1.29 is 19.4 Å². The number of hydrogen-bond donors (Lipinski definition) is 5. The third-order valence-electron chi connectivity index (χ3n) is 5.58. The van der Waals surface area contributed by atoms with Crippen LogP contribution in [0.5, 0.6) is 17.4 Å². The Bertz CT molecular complexity index is 1390. The van der Waals surface area contributed by atoms with Crippen LogP contribution in [0.1, 0.15) is 29.8 Å². The van der Waals surface area contributed by atoms with Gasteiger partial charge >= 0.3 is 5.69 Å². The van der Waals surface area contributed by atoms with E-state index in [2.05, 4.69) is 20.3 Å². The van der Waals surface area contributed by atoms with Crippen molar-refractivity contribution in [2.45, 2.75) is 31.9 Å². The largest absolute Gasteiger partial charge is 0.489 e. The highest BCUT2D eigenvalue weighted by Crippen LogP contribution is 2.24. The predicted molar refractivity (Wildman–Crippen MR) is 135 cm³/mol. The van der Waals surface area contributed by atoms with Crippen molar-refractivity contribution in [2.24, 2.45) is 5.73 Å². The summed E-state index contributed by atoms with van der Waals surface area (Å²) in [5.74, 6) is 0.596. The van der Waals surface area contributed by atoms with Crippen molar-refractivity contribution in [1.82, 2.24) is 20.3 Å². The predicted octanol–water partition coefficient (Wildman–Crippen LogP) is 2.49. The number of imidazole rings is 1. The van der Waals surface area contributed by atoms with Crippen LogP contribution < -0.4 is 26.2 Å². The van der Waals surface area contributed by atoms with Crippen LogP contribution >= 0.6 is 0 Å². The van der Waals surface area contributed by atoms with Crippen molar-refractivity contribution in [3.63, 3.8) is 0 Å². The fraction of sp³-hybridized carbons (Fsp3) is 0.269. The van der Waals surface area contributed by atoms with Gasteiger partial charge in [-0.2, -0.15) is 0 Å². The molecule has 0 spiro atoms. The lowest BCUT2D eigenvalue weighted by Gasteiger charge is -2.28. The fourth-order valence-electron chi connectivity index (χ4n) is 3.81. The molecule has 0 aliphatic rings. The second-order valence-corrected chi connectivity index (χ2v) is 9.13. The van der Waals surface area contributed by atoms with Gasteiger partial charge in [0.25, 0.3) is 5.91 Å². The molecule has 0 aliphatic heterocycles. The van der Waals surface area contributed by atoms with E-state index in [0.29, 0.717) is 35.5 Å². The lowest BCUT2D eigenvalue weighted by atomic mass is 9.94. The summed E-state index contributed by atoms with van der Waals surface area (Å²) in [5, 5.41) is 13.8. The Balaban J connectivity index is 1.28. The van der Waals surface area contributed by atoms with Crippen LogP contribution in [-0.2, 0) is 6.42 Å². The van der Waals surface area contributed by atoms with E-state index in [4.69, 9.17) is 15.2 Å². The van der Waals surface area contributed by atoms with Crippen LogP contribution in [0.4, 0.5) is 0 Å². The first-order valence-corrected chi connectivity index (χ1v) is 11.5. The van der Waals surface area contributed by atoms with E-state index in [0.717, 1.165) is 5.56 Å². The van der Waals surface area contributed by atoms with Crippen LogP contribution in [0.3, 0.4) is 0 Å². The summed E-state index contributed by atoms with van der Waals surface area (Å²) in [6.07, 6.45) is 1.48. The van der Waals surface area contributed by atoms with E-state index >= 15 is 0 Å². The summed E-state index contributed by atoms with van der Waals surface area (Å²) >= 11 is 0. The number of H-pyrrole nitrogens is 2.